The Morgan fingerprint density at radius 3 is 2.57 bits per heavy atom. The molecule has 1 rings (SSSR count). The van der Waals surface area contributed by atoms with Crippen LogP contribution in [0.15, 0.2) is 24.3 Å². The largest absolute Gasteiger partial charge is 0.444 e. The highest BCUT2D eigenvalue weighted by Crippen LogP contribution is 2.07. The smallest absolute Gasteiger partial charge is 0.408 e. The minimum atomic E-state index is -2.41. The molecule has 2 N–H and O–H groups in total. The minimum Gasteiger partial charge on any atom is -0.444 e. The SMILES string of the molecule is [2H]C([2H])(NC(=O)[C@@H](C)NC(=O)OC(C)(C)C)c1ccccc1F. The molecule has 116 valence electrons. The van der Waals surface area contributed by atoms with Crippen molar-refractivity contribution in [2.45, 2.75) is 45.8 Å². The quantitative estimate of drug-likeness (QED) is 0.896. The first-order chi connectivity index (χ1) is 10.4. The summed E-state index contributed by atoms with van der Waals surface area (Å²) in [4.78, 5) is 23.6. The van der Waals surface area contributed by atoms with E-state index < -0.39 is 36.0 Å². The van der Waals surface area contributed by atoms with Gasteiger partial charge in [0.25, 0.3) is 0 Å². The fourth-order valence-corrected chi connectivity index (χ4v) is 1.35. The van der Waals surface area contributed by atoms with Gasteiger partial charge in [0.15, 0.2) is 0 Å². The first kappa shape index (κ1) is 13.9. The molecule has 1 aromatic rings. The highest BCUT2D eigenvalue weighted by molar-refractivity contribution is 5.85. The van der Waals surface area contributed by atoms with Crippen molar-refractivity contribution >= 4 is 12.0 Å². The lowest BCUT2D eigenvalue weighted by Gasteiger charge is -2.21. The topological polar surface area (TPSA) is 67.4 Å². The van der Waals surface area contributed by atoms with Gasteiger partial charge in [0.05, 0.1) is 2.74 Å². The third-order valence-electron chi connectivity index (χ3n) is 2.32. The second-order valence-electron chi connectivity index (χ2n) is 5.46. The number of nitrogens with one attached hydrogen (secondary N) is 2. The van der Waals surface area contributed by atoms with E-state index in [-0.39, 0.29) is 5.56 Å². The van der Waals surface area contributed by atoms with E-state index in [0.29, 0.717) is 0 Å². The van der Waals surface area contributed by atoms with Crippen LogP contribution in [0.5, 0.6) is 0 Å². The van der Waals surface area contributed by atoms with E-state index in [9.17, 15) is 14.0 Å². The Kier molecular flexibility index (Phi) is 4.66. The van der Waals surface area contributed by atoms with Crippen molar-refractivity contribution in [1.29, 1.82) is 0 Å². The van der Waals surface area contributed by atoms with Crippen LogP contribution in [0.4, 0.5) is 9.18 Å². The van der Waals surface area contributed by atoms with Crippen molar-refractivity contribution in [3.8, 4) is 0 Å². The number of amides is 2. The van der Waals surface area contributed by atoms with Gasteiger partial charge in [0.2, 0.25) is 5.91 Å². The molecule has 0 aliphatic heterocycles. The number of rotatable bonds is 4. The first-order valence-corrected chi connectivity index (χ1v) is 6.49. The summed E-state index contributed by atoms with van der Waals surface area (Å²) in [5.41, 5.74) is -1.01. The van der Waals surface area contributed by atoms with Crippen molar-refractivity contribution in [2.75, 3.05) is 0 Å². The zero-order chi connectivity index (χ0) is 17.8. The molecule has 6 heteroatoms. The monoisotopic (exact) mass is 298 g/mol. The Morgan fingerprint density at radius 1 is 1.38 bits per heavy atom. The van der Waals surface area contributed by atoms with Crippen LogP contribution in [0.3, 0.4) is 0 Å². The predicted molar refractivity (Wildman–Crippen MR) is 77.1 cm³/mol. The molecule has 0 aromatic heterocycles. The van der Waals surface area contributed by atoms with Crippen molar-refractivity contribution < 1.29 is 21.5 Å². The van der Waals surface area contributed by atoms with Crippen LogP contribution in [-0.4, -0.2) is 23.6 Å². The zero-order valence-electron chi connectivity index (χ0n) is 14.5. The Balaban J connectivity index is 2.71. The van der Waals surface area contributed by atoms with Crippen molar-refractivity contribution in [3.63, 3.8) is 0 Å². The highest BCUT2D eigenvalue weighted by Gasteiger charge is 2.20. The third kappa shape index (κ3) is 6.25. The van der Waals surface area contributed by atoms with E-state index in [4.69, 9.17) is 7.48 Å². The van der Waals surface area contributed by atoms with Gasteiger partial charge in [-0.2, -0.15) is 0 Å². The minimum absolute atomic E-state index is 0.294. The number of carbonyl (C=O) groups is 2. The van der Waals surface area contributed by atoms with Crippen LogP contribution < -0.4 is 10.6 Å². The van der Waals surface area contributed by atoms with E-state index >= 15 is 0 Å². The number of hydrogen-bond donors (Lipinski definition) is 2. The maximum atomic E-state index is 13.7. The van der Waals surface area contributed by atoms with Gasteiger partial charge < -0.3 is 15.4 Å². The maximum absolute atomic E-state index is 13.7. The van der Waals surface area contributed by atoms with Gasteiger partial charge >= 0.3 is 6.09 Å². The Labute approximate surface area is 126 Å². The second-order valence-corrected chi connectivity index (χ2v) is 5.46. The van der Waals surface area contributed by atoms with Gasteiger partial charge in [-0.05, 0) is 33.8 Å². The number of carbonyl (C=O) groups excluding carboxylic acids is 2. The number of benzene rings is 1. The van der Waals surface area contributed by atoms with Crippen molar-refractivity contribution in [2.24, 2.45) is 0 Å². The van der Waals surface area contributed by atoms with Crippen LogP contribution in [0.1, 0.15) is 36.0 Å². The summed E-state index contributed by atoms with van der Waals surface area (Å²) in [6, 6.07) is 4.17. The summed E-state index contributed by atoms with van der Waals surface area (Å²) in [5.74, 6) is -1.57. The molecule has 5 nitrogen and oxygen atoms in total. The second kappa shape index (κ2) is 7.06. The normalized spacial score (nSPS) is 14.5. The Hall–Kier alpha value is -2.11. The fraction of sp³-hybridized carbons (Fsp3) is 0.467. The summed E-state index contributed by atoms with van der Waals surface area (Å²) in [5, 5.41) is 4.36. The molecule has 0 spiro atoms. The Morgan fingerprint density at radius 2 is 2.00 bits per heavy atom. The summed E-state index contributed by atoms with van der Waals surface area (Å²) in [7, 11) is 0. The standard InChI is InChI=1S/C15H21FN2O3/c1-10(18-14(20)21-15(2,3)4)13(19)17-9-11-7-5-6-8-12(11)16/h5-8,10H,9H2,1-4H3,(H,17,19)(H,18,20)/t10-/m1/s1/i9D2. The van der Waals surface area contributed by atoms with Crippen LogP contribution in [0, 0.1) is 5.82 Å². The van der Waals surface area contributed by atoms with Crippen LogP contribution in [-0.2, 0) is 16.0 Å². The van der Waals surface area contributed by atoms with Gasteiger partial charge in [0.1, 0.15) is 17.5 Å². The van der Waals surface area contributed by atoms with E-state index in [1.807, 2.05) is 0 Å². The number of ether oxygens (including phenoxy) is 1. The molecule has 0 heterocycles. The predicted octanol–water partition coefficient (Wildman–Crippen LogP) is 2.36. The molecular formula is C15H21FN2O3. The maximum Gasteiger partial charge on any atom is 0.408 e. The lowest BCUT2D eigenvalue weighted by Crippen LogP contribution is -2.46. The van der Waals surface area contributed by atoms with Crippen molar-refractivity contribution in [3.05, 3.63) is 35.6 Å². The highest BCUT2D eigenvalue weighted by atomic mass is 19.1. The van der Waals surface area contributed by atoms with E-state index in [2.05, 4.69) is 10.6 Å². The molecule has 0 aliphatic carbocycles. The third-order valence-corrected chi connectivity index (χ3v) is 2.32. The Bertz CT molecular complexity index is 588. The summed E-state index contributed by atoms with van der Waals surface area (Å²) in [6.07, 6.45) is -0.799. The van der Waals surface area contributed by atoms with Gasteiger partial charge in [-0.1, -0.05) is 18.2 Å². The summed E-state index contributed by atoms with van der Waals surface area (Å²) < 4.78 is 34.3. The molecule has 0 radical (unpaired) electrons. The first-order valence-electron chi connectivity index (χ1n) is 7.49. The van der Waals surface area contributed by atoms with Crippen molar-refractivity contribution in [1.82, 2.24) is 10.6 Å². The van der Waals surface area contributed by atoms with E-state index in [1.54, 1.807) is 20.8 Å². The van der Waals surface area contributed by atoms with Gasteiger partial charge in [-0.3, -0.25) is 4.79 Å². The molecule has 0 bridgehead atoms. The zero-order valence-corrected chi connectivity index (χ0v) is 12.5. The molecular weight excluding hydrogens is 275 g/mol. The van der Waals surface area contributed by atoms with Gasteiger partial charge in [0, 0.05) is 12.1 Å². The number of halogens is 1. The molecule has 1 aromatic carbocycles. The fourth-order valence-electron chi connectivity index (χ4n) is 1.35. The molecule has 1 atom stereocenters. The lowest BCUT2D eigenvalue weighted by molar-refractivity contribution is -0.122. The number of hydrogen-bond acceptors (Lipinski definition) is 3. The van der Waals surface area contributed by atoms with Crippen LogP contribution in [0.2, 0.25) is 0 Å². The van der Waals surface area contributed by atoms with E-state index in [1.165, 1.54) is 25.1 Å². The van der Waals surface area contributed by atoms with Crippen LogP contribution in [0.25, 0.3) is 0 Å². The molecule has 0 aliphatic rings. The van der Waals surface area contributed by atoms with Gasteiger partial charge in [-0.15, -0.1) is 0 Å². The molecule has 0 saturated heterocycles. The molecule has 2 amide bonds. The van der Waals surface area contributed by atoms with Crippen LogP contribution >= 0.6 is 0 Å². The average Bonchev–Trinajstić information content (AvgIpc) is 2.35. The molecule has 21 heavy (non-hydrogen) atoms. The summed E-state index contributed by atoms with van der Waals surface area (Å²) in [6.45, 7) is 3.99. The lowest BCUT2D eigenvalue weighted by atomic mass is 10.2. The number of alkyl carbamates (subject to hydrolysis) is 1. The summed E-state index contributed by atoms with van der Waals surface area (Å²) >= 11 is 0. The molecule has 0 unspecified atom stereocenters. The van der Waals surface area contributed by atoms with Gasteiger partial charge in [-0.25, -0.2) is 9.18 Å². The molecule has 0 saturated carbocycles. The average molecular weight is 298 g/mol. The van der Waals surface area contributed by atoms with E-state index in [0.717, 1.165) is 6.07 Å². The molecule has 0 fully saturated rings.